The van der Waals surface area contributed by atoms with Gasteiger partial charge >= 0.3 is 12.0 Å². The molecule has 0 aliphatic carbocycles. The van der Waals surface area contributed by atoms with E-state index in [1.165, 1.54) is 0 Å². The van der Waals surface area contributed by atoms with Gasteiger partial charge in [-0.15, -0.1) is 0 Å². The zero-order valence-corrected chi connectivity index (χ0v) is 11.4. The summed E-state index contributed by atoms with van der Waals surface area (Å²) >= 11 is 0. The molecule has 7 nitrogen and oxygen atoms in total. The second kappa shape index (κ2) is 6.21. The predicted octanol–water partition coefficient (Wildman–Crippen LogP) is 1.45. The highest BCUT2D eigenvalue weighted by atomic mass is 16.4. The molecule has 2 amide bonds. The molecule has 1 aromatic heterocycles. The van der Waals surface area contributed by atoms with Crippen molar-refractivity contribution in [3.05, 3.63) is 17.8 Å². The number of aryl methyl sites for hydroxylation is 1. The third-order valence-electron chi connectivity index (χ3n) is 2.58. The van der Waals surface area contributed by atoms with E-state index in [9.17, 15) is 9.59 Å². The van der Waals surface area contributed by atoms with E-state index >= 15 is 0 Å². The highest BCUT2D eigenvalue weighted by molar-refractivity contribution is 5.82. The number of nitrogens with one attached hydrogen (secondary N) is 2. The van der Waals surface area contributed by atoms with E-state index in [0.717, 1.165) is 0 Å². The molecule has 0 spiro atoms. The average molecular weight is 269 g/mol. The standard InChI is InChI=1S/C12H19N3O4/c1-6(2)9(11(16)17)15-12(18)14-8(4)10-13-5-7(3)19-10/h5-6,8-9H,1-4H3,(H,16,17)(H2,14,15,18)/t8?,9-/m0/s1. The lowest BCUT2D eigenvalue weighted by Gasteiger charge is -2.19. The van der Waals surface area contributed by atoms with Gasteiger partial charge in [0.2, 0.25) is 5.89 Å². The zero-order valence-electron chi connectivity index (χ0n) is 11.4. The van der Waals surface area contributed by atoms with E-state index in [4.69, 9.17) is 9.52 Å². The van der Waals surface area contributed by atoms with Crippen molar-refractivity contribution >= 4 is 12.0 Å². The van der Waals surface area contributed by atoms with Gasteiger partial charge in [0.15, 0.2) is 0 Å². The maximum absolute atomic E-state index is 11.7. The van der Waals surface area contributed by atoms with Crippen LogP contribution in [-0.2, 0) is 4.79 Å². The molecular weight excluding hydrogens is 250 g/mol. The lowest BCUT2D eigenvalue weighted by molar-refractivity contribution is -0.140. The van der Waals surface area contributed by atoms with Gasteiger partial charge in [0.25, 0.3) is 0 Å². The van der Waals surface area contributed by atoms with Gasteiger partial charge in [0.05, 0.1) is 6.20 Å². The minimum absolute atomic E-state index is 0.206. The normalized spacial score (nSPS) is 13.9. The van der Waals surface area contributed by atoms with Crippen LogP contribution in [0, 0.1) is 12.8 Å². The third-order valence-corrected chi connectivity index (χ3v) is 2.58. The summed E-state index contributed by atoms with van der Waals surface area (Å²) in [5.41, 5.74) is 0. The number of aromatic nitrogens is 1. The molecule has 0 bridgehead atoms. The van der Waals surface area contributed by atoms with Gasteiger partial charge in [-0.3, -0.25) is 0 Å². The molecule has 0 saturated carbocycles. The van der Waals surface area contributed by atoms with Gasteiger partial charge in [-0.05, 0) is 19.8 Å². The van der Waals surface area contributed by atoms with Crippen LogP contribution in [0.2, 0.25) is 0 Å². The number of carboxylic acid groups (broad SMARTS) is 1. The largest absolute Gasteiger partial charge is 0.480 e. The first kappa shape index (κ1) is 15.0. The third kappa shape index (κ3) is 4.27. The van der Waals surface area contributed by atoms with Crippen molar-refractivity contribution in [2.75, 3.05) is 0 Å². The van der Waals surface area contributed by atoms with Gasteiger partial charge in [0.1, 0.15) is 17.8 Å². The lowest BCUT2D eigenvalue weighted by Crippen LogP contribution is -2.49. The summed E-state index contributed by atoms with van der Waals surface area (Å²) in [4.78, 5) is 26.7. The van der Waals surface area contributed by atoms with Gasteiger partial charge in [-0.1, -0.05) is 13.8 Å². The summed E-state index contributed by atoms with van der Waals surface area (Å²) in [6, 6.07) is -1.93. The van der Waals surface area contributed by atoms with Crippen molar-refractivity contribution < 1.29 is 19.1 Å². The number of carbonyl (C=O) groups is 2. The second-order valence-corrected chi connectivity index (χ2v) is 4.71. The van der Waals surface area contributed by atoms with Crippen molar-refractivity contribution in [1.29, 1.82) is 0 Å². The predicted molar refractivity (Wildman–Crippen MR) is 67.6 cm³/mol. The molecule has 1 rings (SSSR count). The Bertz CT molecular complexity index is 456. The van der Waals surface area contributed by atoms with Crippen LogP contribution in [0.1, 0.15) is 38.5 Å². The van der Waals surface area contributed by atoms with E-state index in [-0.39, 0.29) is 5.92 Å². The van der Waals surface area contributed by atoms with Crippen molar-refractivity contribution in [3.8, 4) is 0 Å². The minimum Gasteiger partial charge on any atom is -0.480 e. The van der Waals surface area contributed by atoms with E-state index in [2.05, 4.69) is 15.6 Å². The van der Waals surface area contributed by atoms with Crippen molar-refractivity contribution in [3.63, 3.8) is 0 Å². The Morgan fingerprint density at radius 2 is 1.95 bits per heavy atom. The number of aliphatic carboxylic acids is 1. The van der Waals surface area contributed by atoms with Crippen LogP contribution in [0.25, 0.3) is 0 Å². The molecule has 0 aromatic carbocycles. The number of nitrogens with zero attached hydrogens (tertiary/aromatic N) is 1. The first-order valence-corrected chi connectivity index (χ1v) is 6.03. The van der Waals surface area contributed by atoms with Crippen LogP contribution in [-0.4, -0.2) is 28.1 Å². The maximum atomic E-state index is 11.7. The Balaban J connectivity index is 2.57. The lowest BCUT2D eigenvalue weighted by atomic mass is 10.1. The molecule has 19 heavy (non-hydrogen) atoms. The number of carbonyl (C=O) groups excluding carboxylic acids is 1. The van der Waals surface area contributed by atoms with Gasteiger partial charge in [-0.25, -0.2) is 14.6 Å². The van der Waals surface area contributed by atoms with Gasteiger partial charge < -0.3 is 20.2 Å². The molecule has 0 aliphatic heterocycles. The molecule has 7 heteroatoms. The van der Waals surface area contributed by atoms with Crippen LogP contribution in [0.4, 0.5) is 4.79 Å². The molecule has 0 aliphatic rings. The molecule has 1 unspecified atom stereocenters. The molecule has 3 N–H and O–H groups in total. The number of hydrogen-bond donors (Lipinski definition) is 3. The molecular formula is C12H19N3O4. The Kier molecular flexibility index (Phi) is 4.91. The SMILES string of the molecule is Cc1cnc(C(C)NC(=O)N[C@H](C(=O)O)C(C)C)o1. The smallest absolute Gasteiger partial charge is 0.326 e. The van der Waals surface area contributed by atoms with Gasteiger partial charge in [-0.2, -0.15) is 0 Å². The number of oxazole rings is 1. The van der Waals surface area contributed by atoms with E-state index in [1.54, 1.807) is 33.9 Å². The highest BCUT2D eigenvalue weighted by Gasteiger charge is 2.24. The fourth-order valence-corrected chi connectivity index (χ4v) is 1.53. The summed E-state index contributed by atoms with van der Waals surface area (Å²) in [5, 5.41) is 14.0. The quantitative estimate of drug-likeness (QED) is 0.750. The zero-order chi connectivity index (χ0) is 14.6. The average Bonchev–Trinajstić information content (AvgIpc) is 2.72. The first-order valence-electron chi connectivity index (χ1n) is 6.03. The van der Waals surface area contributed by atoms with Crippen molar-refractivity contribution in [1.82, 2.24) is 15.6 Å². The number of rotatable bonds is 5. The van der Waals surface area contributed by atoms with Crippen LogP contribution < -0.4 is 10.6 Å². The van der Waals surface area contributed by atoms with Crippen LogP contribution in [0.3, 0.4) is 0 Å². The topological polar surface area (TPSA) is 104 Å². The number of urea groups is 1. The van der Waals surface area contributed by atoms with E-state index in [0.29, 0.717) is 11.7 Å². The minimum atomic E-state index is -1.07. The van der Waals surface area contributed by atoms with E-state index < -0.39 is 24.1 Å². The molecule has 1 heterocycles. The summed E-state index contributed by atoms with van der Waals surface area (Å²) < 4.78 is 5.28. The second-order valence-electron chi connectivity index (χ2n) is 4.71. The molecule has 0 fully saturated rings. The fourth-order valence-electron chi connectivity index (χ4n) is 1.53. The molecule has 1 aromatic rings. The maximum Gasteiger partial charge on any atom is 0.326 e. The van der Waals surface area contributed by atoms with Crippen LogP contribution in [0.5, 0.6) is 0 Å². The summed E-state index contributed by atoms with van der Waals surface area (Å²) in [6.07, 6.45) is 1.56. The van der Waals surface area contributed by atoms with Crippen molar-refractivity contribution in [2.24, 2.45) is 5.92 Å². The molecule has 2 atom stereocenters. The summed E-state index contributed by atoms with van der Waals surface area (Å²) in [7, 11) is 0. The summed E-state index contributed by atoms with van der Waals surface area (Å²) in [5.74, 6) is -0.244. The Labute approximate surface area is 111 Å². The Morgan fingerprint density at radius 3 is 2.37 bits per heavy atom. The number of carboxylic acids is 1. The molecule has 106 valence electrons. The first-order chi connectivity index (χ1) is 8.81. The number of hydrogen-bond acceptors (Lipinski definition) is 4. The van der Waals surface area contributed by atoms with E-state index in [1.807, 2.05) is 0 Å². The summed E-state index contributed by atoms with van der Waals surface area (Å²) in [6.45, 7) is 6.90. The van der Waals surface area contributed by atoms with Gasteiger partial charge in [0, 0.05) is 0 Å². The van der Waals surface area contributed by atoms with Crippen LogP contribution in [0.15, 0.2) is 10.6 Å². The monoisotopic (exact) mass is 269 g/mol. The fraction of sp³-hybridized carbons (Fsp3) is 0.583. The Morgan fingerprint density at radius 1 is 1.32 bits per heavy atom. The molecule has 0 saturated heterocycles. The Hall–Kier alpha value is -2.05. The van der Waals surface area contributed by atoms with Crippen molar-refractivity contribution in [2.45, 2.75) is 39.8 Å². The van der Waals surface area contributed by atoms with Crippen LogP contribution >= 0.6 is 0 Å². The number of amides is 2. The highest BCUT2D eigenvalue weighted by Crippen LogP contribution is 2.11. The molecule has 0 radical (unpaired) electrons.